The molecule has 26 heavy (non-hydrogen) atoms. The average molecular weight is 332 g/mol. The SMILES string of the molecule is C1=C2C=c3ccccc3=CC2Cc2cc3cc4c(cc3cc21)=CCCC=4. The molecule has 0 aliphatic heterocycles. The second kappa shape index (κ2) is 5.32. The standard InChI is InChI=1S/C26H20/c1-2-6-18-10-22-14-26-16-24-12-20-8-4-3-7-19(20)11-23(24)15-25(26)13-21(22)9-17(18)5-1/h1-2,5-13,15-16,22H,3-4,14H2. The second-order valence-electron chi connectivity index (χ2n) is 7.76. The van der Waals surface area contributed by atoms with E-state index < -0.39 is 0 Å². The van der Waals surface area contributed by atoms with Gasteiger partial charge in [0.1, 0.15) is 0 Å². The Labute approximate surface area is 152 Å². The molecule has 0 heteroatoms. The van der Waals surface area contributed by atoms with Crippen LogP contribution in [0.4, 0.5) is 0 Å². The van der Waals surface area contributed by atoms with Gasteiger partial charge in [0.25, 0.3) is 0 Å². The van der Waals surface area contributed by atoms with Crippen molar-refractivity contribution in [3.05, 3.63) is 86.1 Å². The highest BCUT2D eigenvalue weighted by atomic mass is 14.2. The molecule has 0 heterocycles. The van der Waals surface area contributed by atoms with Gasteiger partial charge in [0.05, 0.1) is 0 Å². The highest BCUT2D eigenvalue weighted by molar-refractivity contribution is 5.88. The molecule has 3 aromatic rings. The molecule has 3 aliphatic rings. The van der Waals surface area contributed by atoms with E-state index >= 15 is 0 Å². The van der Waals surface area contributed by atoms with Gasteiger partial charge < -0.3 is 0 Å². The number of benzene rings is 3. The summed E-state index contributed by atoms with van der Waals surface area (Å²) in [5.74, 6) is 0.507. The second-order valence-corrected chi connectivity index (χ2v) is 7.76. The topological polar surface area (TPSA) is 0 Å². The van der Waals surface area contributed by atoms with Crippen LogP contribution in [0, 0.1) is 5.92 Å². The summed E-state index contributed by atoms with van der Waals surface area (Å²) in [6.45, 7) is 0. The molecule has 0 nitrogen and oxygen atoms in total. The lowest BCUT2D eigenvalue weighted by molar-refractivity contribution is 0.806. The lowest BCUT2D eigenvalue weighted by Gasteiger charge is -2.25. The molecule has 0 spiro atoms. The third kappa shape index (κ3) is 2.15. The molecule has 3 aliphatic carbocycles. The zero-order valence-corrected chi connectivity index (χ0v) is 14.7. The fourth-order valence-corrected chi connectivity index (χ4v) is 4.73. The maximum absolute atomic E-state index is 2.45. The van der Waals surface area contributed by atoms with Crippen molar-refractivity contribution in [3.63, 3.8) is 0 Å². The Bertz CT molecular complexity index is 1350. The van der Waals surface area contributed by atoms with E-state index in [-0.39, 0.29) is 0 Å². The van der Waals surface area contributed by atoms with Crippen LogP contribution in [0.25, 0.3) is 41.2 Å². The van der Waals surface area contributed by atoms with Gasteiger partial charge >= 0.3 is 0 Å². The Kier molecular flexibility index (Phi) is 2.93. The molecule has 3 aromatic carbocycles. The Balaban J connectivity index is 1.58. The first-order valence-electron chi connectivity index (χ1n) is 9.61. The van der Waals surface area contributed by atoms with Crippen molar-refractivity contribution in [3.8, 4) is 0 Å². The fourth-order valence-electron chi connectivity index (χ4n) is 4.73. The predicted molar refractivity (Wildman–Crippen MR) is 111 cm³/mol. The number of allylic oxidation sites excluding steroid dienone is 1. The van der Waals surface area contributed by atoms with Gasteiger partial charge in [0.15, 0.2) is 0 Å². The van der Waals surface area contributed by atoms with Crippen LogP contribution < -0.4 is 20.9 Å². The van der Waals surface area contributed by atoms with Crippen LogP contribution in [0.5, 0.6) is 0 Å². The summed E-state index contributed by atoms with van der Waals surface area (Å²) in [5.41, 5.74) is 4.33. The number of hydrogen-bond acceptors (Lipinski definition) is 0. The van der Waals surface area contributed by atoms with Gasteiger partial charge in [0, 0.05) is 5.92 Å². The minimum Gasteiger partial charge on any atom is -0.0763 e. The van der Waals surface area contributed by atoms with Crippen molar-refractivity contribution in [2.24, 2.45) is 5.92 Å². The first-order valence-corrected chi connectivity index (χ1v) is 9.61. The van der Waals surface area contributed by atoms with Crippen LogP contribution in [0.2, 0.25) is 0 Å². The summed E-state index contributed by atoms with van der Waals surface area (Å²) in [6, 6.07) is 18.3. The normalized spacial score (nSPS) is 19.4. The molecule has 0 radical (unpaired) electrons. The zero-order valence-electron chi connectivity index (χ0n) is 14.7. The Morgan fingerprint density at radius 1 is 0.692 bits per heavy atom. The van der Waals surface area contributed by atoms with Crippen molar-refractivity contribution in [2.75, 3.05) is 0 Å². The van der Waals surface area contributed by atoms with E-state index in [4.69, 9.17) is 0 Å². The molecule has 0 saturated carbocycles. The van der Waals surface area contributed by atoms with Crippen molar-refractivity contribution in [2.45, 2.75) is 19.3 Å². The first kappa shape index (κ1) is 14.3. The summed E-state index contributed by atoms with van der Waals surface area (Å²) < 4.78 is 0. The van der Waals surface area contributed by atoms with Crippen LogP contribution in [0.15, 0.2) is 54.1 Å². The van der Waals surface area contributed by atoms with Crippen LogP contribution in [0.3, 0.4) is 0 Å². The molecule has 6 rings (SSSR count). The molecular weight excluding hydrogens is 312 g/mol. The third-order valence-corrected chi connectivity index (χ3v) is 6.08. The molecule has 0 N–H and O–H groups in total. The lowest BCUT2D eigenvalue weighted by atomic mass is 9.79. The van der Waals surface area contributed by atoms with Crippen LogP contribution in [-0.2, 0) is 6.42 Å². The molecule has 124 valence electrons. The molecule has 0 amide bonds. The van der Waals surface area contributed by atoms with E-state index in [1.165, 1.54) is 61.2 Å². The van der Waals surface area contributed by atoms with Gasteiger partial charge in [-0.1, -0.05) is 60.7 Å². The van der Waals surface area contributed by atoms with Crippen LogP contribution in [0.1, 0.15) is 24.0 Å². The smallest absolute Gasteiger partial charge is 0.00682 e. The van der Waals surface area contributed by atoms with Crippen LogP contribution >= 0.6 is 0 Å². The summed E-state index contributed by atoms with van der Waals surface area (Å²) in [7, 11) is 0. The maximum atomic E-state index is 2.45. The summed E-state index contributed by atoms with van der Waals surface area (Å²) in [4.78, 5) is 0. The highest BCUT2D eigenvalue weighted by Crippen LogP contribution is 2.33. The van der Waals surface area contributed by atoms with Gasteiger partial charge in [-0.2, -0.15) is 0 Å². The minimum atomic E-state index is 0.507. The van der Waals surface area contributed by atoms with Gasteiger partial charge in [-0.15, -0.1) is 0 Å². The monoisotopic (exact) mass is 332 g/mol. The fraction of sp³-hybridized carbons (Fsp3) is 0.154. The number of fused-ring (bicyclic) bond motifs is 5. The Hall–Kier alpha value is -2.86. The van der Waals surface area contributed by atoms with Crippen molar-refractivity contribution < 1.29 is 0 Å². The summed E-state index contributed by atoms with van der Waals surface area (Å²) >= 11 is 0. The van der Waals surface area contributed by atoms with Crippen molar-refractivity contribution in [1.82, 2.24) is 0 Å². The van der Waals surface area contributed by atoms with E-state index in [0.29, 0.717) is 5.92 Å². The van der Waals surface area contributed by atoms with Gasteiger partial charge in [-0.05, 0) is 85.8 Å². The molecule has 0 aromatic heterocycles. The molecule has 0 saturated heterocycles. The molecule has 0 bridgehead atoms. The van der Waals surface area contributed by atoms with E-state index in [1.54, 1.807) is 0 Å². The Morgan fingerprint density at radius 2 is 1.42 bits per heavy atom. The number of hydrogen-bond donors (Lipinski definition) is 0. The van der Waals surface area contributed by atoms with Gasteiger partial charge in [-0.25, -0.2) is 0 Å². The van der Waals surface area contributed by atoms with Crippen LogP contribution in [-0.4, -0.2) is 0 Å². The van der Waals surface area contributed by atoms with E-state index in [0.717, 1.165) is 6.42 Å². The molecule has 1 atom stereocenters. The predicted octanol–water partition coefficient (Wildman–Crippen LogP) is 3.03. The first-order chi connectivity index (χ1) is 12.8. The average Bonchev–Trinajstić information content (AvgIpc) is 2.67. The largest absolute Gasteiger partial charge is 0.0763 e. The molecular formula is C26H20. The molecule has 1 unspecified atom stereocenters. The zero-order chi connectivity index (χ0) is 17.1. The van der Waals surface area contributed by atoms with E-state index in [9.17, 15) is 0 Å². The molecule has 0 fully saturated rings. The third-order valence-electron chi connectivity index (χ3n) is 6.08. The van der Waals surface area contributed by atoms with E-state index in [2.05, 4.69) is 78.9 Å². The maximum Gasteiger partial charge on any atom is 0.00682 e. The van der Waals surface area contributed by atoms with Gasteiger partial charge in [-0.3, -0.25) is 0 Å². The number of rotatable bonds is 0. The summed E-state index contributed by atoms with van der Waals surface area (Å²) in [5, 5.41) is 8.27. The highest BCUT2D eigenvalue weighted by Gasteiger charge is 2.20. The minimum absolute atomic E-state index is 0.507. The quantitative estimate of drug-likeness (QED) is 0.594. The Morgan fingerprint density at radius 3 is 2.23 bits per heavy atom. The van der Waals surface area contributed by atoms with E-state index in [1.807, 2.05) is 0 Å². The van der Waals surface area contributed by atoms with Crippen molar-refractivity contribution in [1.29, 1.82) is 0 Å². The van der Waals surface area contributed by atoms with Crippen molar-refractivity contribution >= 4 is 41.2 Å². The summed E-state index contributed by atoms with van der Waals surface area (Å²) in [6.07, 6.45) is 15.4. The lowest BCUT2D eigenvalue weighted by Crippen LogP contribution is -2.31. The van der Waals surface area contributed by atoms with Gasteiger partial charge in [0.2, 0.25) is 0 Å².